The Morgan fingerprint density at radius 3 is 2.68 bits per heavy atom. The number of alkyl halides is 3. The summed E-state index contributed by atoms with van der Waals surface area (Å²) in [7, 11) is 1.68. The number of aliphatic hydroxyl groups excluding tert-OH is 1. The number of halogens is 3. The summed E-state index contributed by atoms with van der Waals surface area (Å²) >= 11 is 0. The van der Waals surface area contributed by atoms with Gasteiger partial charge in [0.25, 0.3) is 0 Å². The third kappa shape index (κ3) is 5.17. The lowest BCUT2D eigenvalue weighted by atomic mass is 9.72. The van der Waals surface area contributed by atoms with E-state index in [0.29, 0.717) is 40.8 Å². The van der Waals surface area contributed by atoms with Crippen LogP contribution in [0.25, 0.3) is 22.2 Å². The maximum absolute atomic E-state index is 13.8. The Bertz CT molecular complexity index is 1330. The number of nitrogens with one attached hydrogen (secondary N) is 4. The molecule has 0 radical (unpaired) electrons. The Hall–Kier alpha value is -3.31. The monoisotopic (exact) mass is 527 g/mol. The number of hydrogen-bond donors (Lipinski definition) is 5. The molecule has 2 aromatic heterocycles. The largest absolute Gasteiger partial charge is 0.433 e. The molecule has 202 valence electrons. The van der Waals surface area contributed by atoms with E-state index in [1.165, 1.54) is 4.90 Å². The van der Waals surface area contributed by atoms with E-state index in [1.54, 1.807) is 7.05 Å². The van der Waals surface area contributed by atoms with Gasteiger partial charge in [-0.15, -0.1) is 0 Å². The van der Waals surface area contributed by atoms with Gasteiger partial charge in [-0.3, -0.25) is 15.9 Å². The number of benzene rings is 1. The van der Waals surface area contributed by atoms with Crippen LogP contribution in [0, 0.1) is 16.7 Å². The molecule has 1 aromatic carbocycles. The summed E-state index contributed by atoms with van der Waals surface area (Å²) in [6.45, 7) is 0.121. The fourth-order valence-corrected chi connectivity index (χ4v) is 5.55. The Labute approximate surface area is 218 Å². The molecule has 0 bridgehead atoms. The lowest BCUT2D eigenvalue weighted by Crippen LogP contribution is -2.36. The average molecular weight is 528 g/mol. The summed E-state index contributed by atoms with van der Waals surface area (Å²) in [5.41, 5.74) is 1.62. The Kier molecular flexibility index (Phi) is 7.23. The summed E-state index contributed by atoms with van der Waals surface area (Å²) < 4.78 is 41.5. The Morgan fingerprint density at radius 2 is 2.05 bits per heavy atom. The van der Waals surface area contributed by atoms with Crippen molar-refractivity contribution in [3.63, 3.8) is 0 Å². The Balaban J connectivity index is 1.53. The van der Waals surface area contributed by atoms with Gasteiger partial charge >= 0.3 is 6.18 Å². The smallest absolute Gasteiger partial charge is 0.393 e. The van der Waals surface area contributed by atoms with Gasteiger partial charge in [0.15, 0.2) is 0 Å². The highest BCUT2D eigenvalue weighted by Crippen LogP contribution is 2.42. The van der Waals surface area contributed by atoms with E-state index in [9.17, 15) is 18.3 Å². The average Bonchev–Trinajstić information content (AvgIpc) is 3.49. The maximum atomic E-state index is 13.8. The second-order valence-electron chi connectivity index (χ2n) is 10.4. The minimum atomic E-state index is -4.62. The first kappa shape index (κ1) is 26.3. The maximum Gasteiger partial charge on any atom is 0.433 e. The van der Waals surface area contributed by atoms with E-state index in [-0.39, 0.29) is 30.1 Å². The fraction of sp³-hybridized carbons (Fsp3) is 0.481. The van der Waals surface area contributed by atoms with Gasteiger partial charge in [0.2, 0.25) is 0 Å². The number of hydrogen-bond acceptors (Lipinski definition) is 6. The first-order chi connectivity index (χ1) is 18.2. The molecule has 2 fully saturated rings. The molecule has 0 spiro atoms. The molecule has 3 unspecified atom stereocenters. The van der Waals surface area contributed by atoms with Crippen molar-refractivity contribution < 1.29 is 18.3 Å². The quantitative estimate of drug-likeness (QED) is 0.207. The van der Waals surface area contributed by atoms with Crippen molar-refractivity contribution in [2.45, 2.75) is 69.3 Å². The van der Waals surface area contributed by atoms with E-state index < -0.39 is 18.0 Å². The van der Waals surface area contributed by atoms with E-state index in [1.807, 2.05) is 24.3 Å². The lowest BCUT2D eigenvalue weighted by molar-refractivity contribution is -0.141. The molecule has 3 aromatic rings. The van der Waals surface area contributed by atoms with Gasteiger partial charge in [0.05, 0.1) is 23.7 Å². The number of likely N-dealkylation sites (N-methyl/N-ethyl adjacent to an activating group) is 1. The highest BCUT2D eigenvalue weighted by Gasteiger charge is 2.35. The normalized spacial score (nSPS) is 20.9. The van der Waals surface area contributed by atoms with Crippen LogP contribution in [0.1, 0.15) is 61.4 Å². The van der Waals surface area contributed by atoms with Crippen molar-refractivity contribution >= 4 is 23.1 Å². The molecule has 5 N–H and O–H groups in total. The van der Waals surface area contributed by atoms with Gasteiger partial charge < -0.3 is 15.3 Å². The van der Waals surface area contributed by atoms with Gasteiger partial charge in [-0.2, -0.15) is 18.3 Å². The van der Waals surface area contributed by atoms with Crippen molar-refractivity contribution in [3.8, 4) is 11.3 Å². The molecule has 5 rings (SSSR count). The van der Waals surface area contributed by atoms with Gasteiger partial charge in [-0.1, -0.05) is 24.6 Å². The molecular weight excluding hydrogens is 495 g/mol. The summed E-state index contributed by atoms with van der Waals surface area (Å²) in [5, 5.41) is 37.0. The van der Waals surface area contributed by atoms with Crippen LogP contribution < -0.4 is 5.32 Å². The van der Waals surface area contributed by atoms with Gasteiger partial charge in [-0.25, -0.2) is 4.98 Å². The molecule has 2 aliphatic carbocycles. The van der Waals surface area contributed by atoms with E-state index >= 15 is 0 Å². The number of aliphatic hydroxyl groups is 1. The predicted molar refractivity (Wildman–Crippen MR) is 139 cm³/mol. The fourth-order valence-electron chi connectivity index (χ4n) is 5.55. The lowest BCUT2D eigenvalue weighted by Gasteiger charge is -2.36. The van der Waals surface area contributed by atoms with Crippen LogP contribution in [0.2, 0.25) is 0 Å². The summed E-state index contributed by atoms with van der Waals surface area (Å²) in [6, 6.07) is 8.55. The topological polar surface area (TPSA) is 125 Å². The van der Waals surface area contributed by atoms with E-state index in [4.69, 9.17) is 10.8 Å². The molecular formula is C27H32F3N7O. The minimum absolute atomic E-state index is 0.0216. The van der Waals surface area contributed by atoms with Crippen molar-refractivity contribution in [2.24, 2.45) is 5.92 Å². The van der Waals surface area contributed by atoms with Crippen LogP contribution in [0.3, 0.4) is 0 Å². The molecule has 2 heterocycles. The number of nitrogens with zero attached hydrogens (tertiary/aromatic N) is 3. The number of rotatable bonds is 8. The summed E-state index contributed by atoms with van der Waals surface area (Å²) in [4.78, 5) is 5.41. The highest BCUT2D eigenvalue weighted by atomic mass is 19.4. The van der Waals surface area contributed by atoms with Crippen LogP contribution >= 0.6 is 0 Å². The van der Waals surface area contributed by atoms with Gasteiger partial charge in [0, 0.05) is 36.5 Å². The SMILES string of the molecule is CN(C=N)C(=N)C(c1cccc(-c2n[nH]c3c(CNC4CCC(O)C4)nc(C(F)(F)F)cc23)c1)C1CCC1. The molecule has 11 heteroatoms. The second kappa shape index (κ2) is 10.5. The standard InChI is InChI=1S/C27H32F3N7O/c1-37(14-31)26(32)23(15-4-2-5-15)16-6-3-7-17(10-16)24-20-12-22(27(28,29)30)34-21(25(20)36-35-24)13-33-18-8-9-19(38)11-18/h3,6-7,10,12,14-15,18-19,23,31-33,38H,2,4-5,8-9,11,13H2,1H3,(H,35,36). The number of amidine groups is 1. The first-order valence-corrected chi connectivity index (χ1v) is 12.9. The van der Waals surface area contributed by atoms with Gasteiger partial charge in [0.1, 0.15) is 17.2 Å². The summed E-state index contributed by atoms with van der Waals surface area (Å²) in [5.74, 6) is 0.390. The zero-order valence-electron chi connectivity index (χ0n) is 21.1. The number of pyridine rings is 1. The van der Waals surface area contributed by atoms with Crippen LogP contribution in [0.15, 0.2) is 30.3 Å². The van der Waals surface area contributed by atoms with Crippen LogP contribution in [0.4, 0.5) is 13.2 Å². The number of aromatic nitrogens is 3. The molecule has 2 saturated carbocycles. The second-order valence-corrected chi connectivity index (χ2v) is 10.4. The molecule has 3 atom stereocenters. The van der Waals surface area contributed by atoms with E-state index in [0.717, 1.165) is 43.7 Å². The molecule has 2 aliphatic rings. The predicted octanol–water partition coefficient (Wildman–Crippen LogP) is 5.05. The number of fused-ring (bicyclic) bond motifs is 1. The third-order valence-electron chi connectivity index (χ3n) is 7.89. The summed E-state index contributed by atoms with van der Waals surface area (Å²) in [6.07, 6.45) is 1.17. The van der Waals surface area contributed by atoms with Crippen LogP contribution in [0.5, 0.6) is 0 Å². The molecule has 0 saturated heterocycles. The molecule has 0 amide bonds. The van der Waals surface area contributed by atoms with Crippen molar-refractivity contribution in [1.82, 2.24) is 25.4 Å². The van der Waals surface area contributed by atoms with Crippen molar-refractivity contribution in [1.29, 1.82) is 10.8 Å². The number of H-pyrrole nitrogens is 1. The van der Waals surface area contributed by atoms with Crippen LogP contribution in [-0.2, 0) is 12.7 Å². The van der Waals surface area contributed by atoms with Crippen molar-refractivity contribution in [2.75, 3.05) is 7.05 Å². The van der Waals surface area contributed by atoms with Crippen molar-refractivity contribution in [3.05, 3.63) is 47.3 Å². The molecule has 8 nitrogen and oxygen atoms in total. The molecule has 0 aliphatic heterocycles. The zero-order chi connectivity index (χ0) is 27.0. The Morgan fingerprint density at radius 1 is 1.26 bits per heavy atom. The van der Waals surface area contributed by atoms with E-state index in [2.05, 4.69) is 20.5 Å². The zero-order valence-corrected chi connectivity index (χ0v) is 21.1. The molecule has 38 heavy (non-hydrogen) atoms. The third-order valence-corrected chi connectivity index (χ3v) is 7.89. The number of aromatic amines is 1. The minimum Gasteiger partial charge on any atom is -0.393 e. The van der Waals surface area contributed by atoms with Gasteiger partial charge in [-0.05, 0) is 55.7 Å². The van der Waals surface area contributed by atoms with Crippen LogP contribution in [-0.4, -0.2) is 56.6 Å². The highest BCUT2D eigenvalue weighted by molar-refractivity contribution is 5.96. The first-order valence-electron chi connectivity index (χ1n) is 12.9.